The largest absolute Gasteiger partial charge is 0.478 e. The van der Waals surface area contributed by atoms with Crippen LogP contribution in [0.15, 0.2) is 72.8 Å². The average Bonchev–Trinajstić information content (AvgIpc) is 3.13. The lowest BCUT2D eigenvalue weighted by Gasteiger charge is -2.15. The lowest BCUT2D eigenvalue weighted by Crippen LogP contribution is -2.30. The van der Waals surface area contributed by atoms with Crippen molar-refractivity contribution in [2.24, 2.45) is 0 Å². The number of carbonyl (C=O) groups is 1. The standard InChI is InChI=1S/C23H19FN2O2S/c1-15(28-20-8-4-2-6-18(20)24)23(27)25-17-12-10-16(11-13-17)14-22-26-19-7-3-5-9-21(19)29-22/h2-13,15H,14H2,1H3,(H,25,27)/t15-/m1/s1. The number of rotatable bonds is 6. The highest BCUT2D eigenvalue weighted by atomic mass is 32.1. The van der Waals surface area contributed by atoms with Crippen LogP contribution in [0.2, 0.25) is 0 Å². The minimum Gasteiger partial charge on any atom is -0.478 e. The van der Waals surface area contributed by atoms with Gasteiger partial charge in [0.1, 0.15) is 0 Å². The van der Waals surface area contributed by atoms with E-state index >= 15 is 0 Å². The maximum absolute atomic E-state index is 13.7. The Labute approximate surface area is 172 Å². The third-order valence-corrected chi connectivity index (χ3v) is 5.46. The maximum atomic E-state index is 13.7. The van der Waals surface area contributed by atoms with Gasteiger partial charge in [0.15, 0.2) is 17.7 Å². The van der Waals surface area contributed by atoms with Gasteiger partial charge in [-0.15, -0.1) is 11.3 Å². The Morgan fingerprint density at radius 1 is 1.07 bits per heavy atom. The number of aromatic nitrogens is 1. The molecule has 1 N–H and O–H groups in total. The number of amides is 1. The number of anilines is 1. The van der Waals surface area contributed by atoms with Gasteiger partial charge in [0, 0.05) is 12.1 Å². The van der Waals surface area contributed by atoms with Gasteiger partial charge in [0.05, 0.1) is 15.2 Å². The molecule has 0 radical (unpaired) electrons. The van der Waals surface area contributed by atoms with E-state index in [1.165, 1.54) is 16.8 Å². The van der Waals surface area contributed by atoms with Crippen LogP contribution in [0.25, 0.3) is 10.2 Å². The zero-order valence-electron chi connectivity index (χ0n) is 15.8. The normalized spacial score (nSPS) is 11.9. The molecular weight excluding hydrogens is 387 g/mol. The van der Waals surface area contributed by atoms with Crippen LogP contribution < -0.4 is 10.1 Å². The summed E-state index contributed by atoms with van der Waals surface area (Å²) in [6.45, 7) is 1.59. The summed E-state index contributed by atoms with van der Waals surface area (Å²) in [4.78, 5) is 17.0. The number of nitrogens with one attached hydrogen (secondary N) is 1. The lowest BCUT2D eigenvalue weighted by molar-refractivity contribution is -0.122. The number of carbonyl (C=O) groups excluding carboxylic acids is 1. The number of hydrogen-bond acceptors (Lipinski definition) is 4. The van der Waals surface area contributed by atoms with E-state index in [0.717, 1.165) is 22.5 Å². The molecule has 0 fully saturated rings. The number of fused-ring (bicyclic) bond motifs is 1. The van der Waals surface area contributed by atoms with Crippen LogP contribution >= 0.6 is 11.3 Å². The molecule has 0 bridgehead atoms. The Morgan fingerprint density at radius 3 is 2.55 bits per heavy atom. The molecule has 0 spiro atoms. The third kappa shape index (κ3) is 4.60. The van der Waals surface area contributed by atoms with E-state index in [1.54, 1.807) is 30.4 Å². The van der Waals surface area contributed by atoms with E-state index < -0.39 is 11.9 Å². The first kappa shape index (κ1) is 19.1. The van der Waals surface area contributed by atoms with Crippen molar-refractivity contribution in [2.75, 3.05) is 5.32 Å². The molecule has 0 aliphatic heterocycles. The van der Waals surface area contributed by atoms with E-state index in [1.807, 2.05) is 42.5 Å². The molecule has 1 amide bonds. The van der Waals surface area contributed by atoms with E-state index in [9.17, 15) is 9.18 Å². The first-order valence-electron chi connectivity index (χ1n) is 9.24. The molecular formula is C23H19FN2O2S. The summed E-state index contributed by atoms with van der Waals surface area (Å²) in [5.41, 5.74) is 2.78. The van der Waals surface area contributed by atoms with Crippen molar-refractivity contribution in [3.63, 3.8) is 0 Å². The minimum atomic E-state index is -0.825. The van der Waals surface area contributed by atoms with Gasteiger partial charge in [0.25, 0.3) is 5.91 Å². The number of nitrogens with zero attached hydrogens (tertiary/aromatic N) is 1. The molecule has 4 aromatic rings. The SMILES string of the molecule is C[C@@H](Oc1ccccc1F)C(=O)Nc1ccc(Cc2nc3ccccc3s2)cc1. The number of thiazole rings is 1. The second-order valence-corrected chi connectivity index (χ2v) is 7.74. The smallest absolute Gasteiger partial charge is 0.265 e. The monoisotopic (exact) mass is 406 g/mol. The van der Waals surface area contributed by atoms with Crippen molar-refractivity contribution in [3.05, 3.63) is 89.2 Å². The molecule has 4 nitrogen and oxygen atoms in total. The van der Waals surface area contributed by atoms with Crippen LogP contribution in [-0.4, -0.2) is 17.0 Å². The van der Waals surface area contributed by atoms with E-state index in [4.69, 9.17) is 4.74 Å². The number of hydrogen-bond donors (Lipinski definition) is 1. The molecule has 4 rings (SSSR count). The lowest BCUT2D eigenvalue weighted by atomic mass is 10.1. The summed E-state index contributed by atoms with van der Waals surface area (Å²) < 4.78 is 20.3. The zero-order chi connectivity index (χ0) is 20.2. The van der Waals surface area contributed by atoms with Crippen LogP contribution in [0.1, 0.15) is 17.5 Å². The molecule has 0 unspecified atom stereocenters. The molecule has 0 saturated heterocycles. The molecule has 146 valence electrons. The molecule has 0 saturated carbocycles. The van der Waals surface area contributed by atoms with Gasteiger partial charge in [-0.1, -0.05) is 36.4 Å². The van der Waals surface area contributed by atoms with Crippen LogP contribution in [0.4, 0.5) is 10.1 Å². The van der Waals surface area contributed by atoms with Crippen molar-refractivity contribution in [1.82, 2.24) is 4.98 Å². The van der Waals surface area contributed by atoms with Gasteiger partial charge < -0.3 is 10.1 Å². The van der Waals surface area contributed by atoms with E-state index in [-0.39, 0.29) is 11.7 Å². The molecule has 3 aromatic carbocycles. The highest BCUT2D eigenvalue weighted by Gasteiger charge is 2.16. The predicted octanol–water partition coefficient (Wildman–Crippen LogP) is 5.43. The van der Waals surface area contributed by atoms with Crippen molar-refractivity contribution >= 4 is 33.1 Å². The van der Waals surface area contributed by atoms with Crippen molar-refractivity contribution in [1.29, 1.82) is 0 Å². The van der Waals surface area contributed by atoms with Gasteiger partial charge in [-0.05, 0) is 48.9 Å². The molecule has 0 aliphatic carbocycles. The fraction of sp³-hybridized carbons (Fsp3) is 0.130. The molecule has 1 aromatic heterocycles. The van der Waals surface area contributed by atoms with Crippen molar-refractivity contribution < 1.29 is 13.9 Å². The molecule has 6 heteroatoms. The first-order valence-corrected chi connectivity index (χ1v) is 10.1. The number of para-hydroxylation sites is 2. The third-order valence-electron chi connectivity index (χ3n) is 4.42. The second kappa shape index (κ2) is 8.41. The molecule has 29 heavy (non-hydrogen) atoms. The minimum absolute atomic E-state index is 0.0568. The average molecular weight is 406 g/mol. The van der Waals surface area contributed by atoms with Gasteiger partial charge in [0.2, 0.25) is 0 Å². The Bertz CT molecular complexity index is 1110. The summed E-state index contributed by atoms with van der Waals surface area (Å²) in [6.07, 6.45) is -0.0882. The molecule has 0 aliphatic rings. The van der Waals surface area contributed by atoms with E-state index in [2.05, 4.69) is 16.4 Å². The van der Waals surface area contributed by atoms with Crippen LogP contribution in [0.5, 0.6) is 5.75 Å². The highest BCUT2D eigenvalue weighted by molar-refractivity contribution is 7.18. The highest BCUT2D eigenvalue weighted by Crippen LogP contribution is 2.24. The fourth-order valence-electron chi connectivity index (χ4n) is 2.90. The summed E-state index contributed by atoms with van der Waals surface area (Å²) in [6, 6.07) is 21.7. The van der Waals surface area contributed by atoms with Crippen LogP contribution in [0.3, 0.4) is 0 Å². The number of halogens is 1. The van der Waals surface area contributed by atoms with Crippen LogP contribution in [-0.2, 0) is 11.2 Å². The Hall–Kier alpha value is -3.25. The Morgan fingerprint density at radius 2 is 1.79 bits per heavy atom. The summed E-state index contributed by atoms with van der Waals surface area (Å²) in [7, 11) is 0. The van der Waals surface area contributed by atoms with Gasteiger partial charge in [-0.2, -0.15) is 0 Å². The van der Waals surface area contributed by atoms with Crippen LogP contribution in [0, 0.1) is 5.82 Å². The summed E-state index contributed by atoms with van der Waals surface area (Å²) >= 11 is 1.68. The molecule has 1 heterocycles. The second-order valence-electron chi connectivity index (χ2n) is 6.63. The van der Waals surface area contributed by atoms with Crippen molar-refractivity contribution in [2.45, 2.75) is 19.4 Å². The first-order chi connectivity index (χ1) is 14.1. The summed E-state index contributed by atoms with van der Waals surface area (Å²) in [5.74, 6) is -0.778. The summed E-state index contributed by atoms with van der Waals surface area (Å²) in [5, 5.41) is 3.85. The Kier molecular flexibility index (Phi) is 5.53. The van der Waals surface area contributed by atoms with Gasteiger partial charge in [-0.25, -0.2) is 9.37 Å². The number of benzene rings is 3. The molecule has 1 atom stereocenters. The quantitative estimate of drug-likeness (QED) is 0.464. The predicted molar refractivity (Wildman–Crippen MR) is 114 cm³/mol. The maximum Gasteiger partial charge on any atom is 0.265 e. The number of ether oxygens (including phenoxy) is 1. The topological polar surface area (TPSA) is 51.2 Å². The zero-order valence-corrected chi connectivity index (χ0v) is 16.6. The van der Waals surface area contributed by atoms with Crippen molar-refractivity contribution in [3.8, 4) is 5.75 Å². The van der Waals surface area contributed by atoms with Gasteiger partial charge in [-0.3, -0.25) is 4.79 Å². The van der Waals surface area contributed by atoms with Gasteiger partial charge >= 0.3 is 0 Å². The fourth-order valence-corrected chi connectivity index (χ4v) is 3.91. The van der Waals surface area contributed by atoms with E-state index in [0.29, 0.717) is 5.69 Å². The Balaban J connectivity index is 1.37.